The number of alkyl halides is 2. The van der Waals surface area contributed by atoms with Crippen LogP contribution in [0.3, 0.4) is 0 Å². The Labute approximate surface area is 198 Å². The Kier molecular flexibility index (Phi) is 5.85. The molecule has 0 saturated heterocycles. The molecule has 34 heavy (non-hydrogen) atoms. The van der Waals surface area contributed by atoms with E-state index in [1.54, 1.807) is 18.2 Å². The Bertz CT molecular complexity index is 1300. The summed E-state index contributed by atoms with van der Waals surface area (Å²) in [5.74, 6) is -3.80. The van der Waals surface area contributed by atoms with Gasteiger partial charge in [-0.1, -0.05) is 30.0 Å². The molecule has 1 aliphatic carbocycles. The topological polar surface area (TPSA) is 61.7 Å². The van der Waals surface area contributed by atoms with Crippen molar-refractivity contribution in [1.82, 2.24) is 5.32 Å². The molecule has 0 radical (unpaired) electrons. The van der Waals surface area contributed by atoms with Crippen LogP contribution in [0.15, 0.2) is 75.4 Å². The average Bonchev–Trinajstić information content (AvgIpc) is 2.96. The molecule has 0 bridgehead atoms. The quantitative estimate of drug-likeness (QED) is 0.352. The lowest BCUT2D eigenvalue weighted by molar-refractivity contribution is -0.0399. The molecule has 8 heteroatoms. The molecule has 174 valence electrons. The number of carbonyl (C=O) groups excluding carboxylic acids is 1. The first-order valence-corrected chi connectivity index (χ1v) is 11.8. The van der Waals surface area contributed by atoms with E-state index >= 15 is 0 Å². The Hall–Kier alpha value is -3.26. The summed E-state index contributed by atoms with van der Waals surface area (Å²) in [5, 5.41) is 12.5. The second kappa shape index (κ2) is 8.83. The molecule has 2 N–H and O–H groups in total. The van der Waals surface area contributed by atoms with Crippen LogP contribution in [-0.2, 0) is 0 Å². The lowest BCUT2D eigenvalue weighted by atomic mass is 9.92. The maximum absolute atomic E-state index is 14.8. The second-order valence-electron chi connectivity index (χ2n) is 8.51. The smallest absolute Gasteiger partial charge is 0.251 e. The fourth-order valence-corrected chi connectivity index (χ4v) is 5.24. The number of phenols is 1. The van der Waals surface area contributed by atoms with Gasteiger partial charge in [-0.05, 0) is 49.2 Å². The van der Waals surface area contributed by atoms with Crippen LogP contribution < -0.4 is 5.32 Å². The molecule has 1 saturated carbocycles. The Morgan fingerprint density at radius 3 is 2.53 bits per heavy atom. The number of phenolic OH excluding ortho intramolecular Hbond substituents is 1. The van der Waals surface area contributed by atoms with Crippen molar-refractivity contribution in [3.05, 3.63) is 83.2 Å². The molecular weight excluding hydrogens is 461 g/mol. The predicted molar refractivity (Wildman–Crippen MR) is 125 cm³/mol. The Morgan fingerprint density at radius 2 is 1.76 bits per heavy atom. The van der Waals surface area contributed by atoms with Gasteiger partial charge >= 0.3 is 0 Å². The summed E-state index contributed by atoms with van der Waals surface area (Å²) in [7, 11) is 0. The van der Waals surface area contributed by atoms with Crippen LogP contribution in [0.25, 0.3) is 0 Å². The van der Waals surface area contributed by atoms with Crippen molar-refractivity contribution in [3.8, 4) is 5.75 Å². The van der Waals surface area contributed by atoms with Crippen LogP contribution in [0.5, 0.6) is 5.75 Å². The molecule has 0 unspecified atom stereocenters. The lowest BCUT2D eigenvalue weighted by Crippen LogP contribution is -2.40. The number of fused-ring (bicyclic) bond motifs is 2. The van der Waals surface area contributed by atoms with Crippen LogP contribution in [0.4, 0.5) is 18.9 Å². The van der Waals surface area contributed by atoms with Gasteiger partial charge in [0.1, 0.15) is 11.6 Å². The van der Waals surface area contributed by atoms with E-state index in [4.69, 9.17) is 4.99 Å². The number of halogens is 3. The minimum absolute atomic E-state index is 0.182. The fourth-order valence-electron chi connectivity index (χ4n) is 4.24. The first kappa shape index (κ1) is 22.5. The van der Waals surface area contributed by atoms with E-state index in [0.29, 0.717) is 17.0 Å². The van der Waals surface area contributed by atoms with E-state index in [1.807, 2.05) is 24.3 Å². The minimum atomic E-state index is -2.66. The van der Waals surface area contributed by atoms with E-state index in [2.05, 4.69) is 5.32 Å². The standard InChI is InChI=1S/C26H21F3N2O2S/c27-20-14-17(32)6-7-18(20)24-19-3-1-2-4-22(19)34-23-8-5-15(13-21(23)31-24)25(33)30-16-9-11-26(28,29)12-10-16/h1-8,13-14,16,32H,9-12H2,(H,30,33). The fraction of sp³-hybridized carbons (Fsp3) is 0.231. The number of aliphatic imine (C=N–C) groups is 1. The van der Waals surface area contributed by atoms with Gasteiger partial charge in [0, 0.05) is 51.4 Å². The molecule has 0 aromatic heterocycles. The summed E-state index contributed by atoms with van der Waals surface area (Å²) >= 11 is 1.47. The van der Waals surface area contributed by atoms with Crippen molar-refractivity contribution < 1.29 is 23.1 Å². The van der Waals surface area contributed by atoms with Gasteiger partial charge in [0.05, 0.1) is 11.4 Å². The zero-order valence-corrected chi connectivity index (χ0v) is 18.8. The van der Waals surface area contributed by atoms with Gasteiger partial charge in [0.25, 0.3) is 5.91 Å². The molecular formula is C26H21F3N2O2S. The maximum Gasteiger partial charge on any atom is 0.251 e. The van der Waals surface area contributed by atoms with E-state index in [0.717, 1.165) is 21.4 Å². The second-order valence-corrected chi connectivity index (χ2v) is 9.59. The monoisotopic (exact) mass is 482 g/mol. The van der Waals surface area contributed by atoms with Crippen LogP contribution in [0.1, 0.15) is 47.2 Å². The molecule has 2 aliphatic rings. The highest BCUT2D eigenvalue weighted by Crippen LogP contribution is 2.42. The van der Waals surface area contributed by atoms with Crippen LogP contribution in [0, 0.1) is 5.82 Å². The highest BCUT2D eigenvalue weighted by molar-refractivity contribution is 7.99. The zero-order chi connectivity index (χ0) is 23.9. The van der Waals surface area contributed by atoms with Gasteiger partial charge < -0.3 is 10.4 Å². The number of nitrogens with zero attached hydrogens (tertiary/aromatic N) is 1. The van der Waals surface area contributed by atoms with E-state index < -0.39 is 11.7 Å². The number of hydrogen-bond donors (Lipinski definition) is 2. The van der Waals surface area contributed by atoms with Crippen molar-refractivity contribution in [2.45, 2.75) is 47.4 Å². The van der Waals surface area contributed by atoms with Crippen LogP contribution in [-0.4, -0.2) is 28.7 Å². The number of aromatic hydroxyl groups is 1. The summed E-state index contributed by atoms with van der Waals surface area (Å²) in [5.41, 5.74) is 2.23. The normalized spacial score (nSPS) is 17.2. The van der Waals surface area contributed by atoms with Gasteiger partial charge in [0.15, 0.2) is 0 Å². The number of nitrogens with one attached hydrogen (secondary N) is 1. The molecule has 1 amide bonds. The van der Waals surface area contributed by atoms with Gasteiger partial charge in [0.2, 0.25) is 5.92 Å². The highest BCUT2D eigenvalue weighted by atomic mass is 32.2. The first-order valence-electron chi connectivity index (χ1n) is 11.0. The molecule has 1 aliphatic heterocycles. The summed E-state index contributed by atoms with van der Waals surface area (Å²) in [4.78, 5) is 19.3. The predicted octanol–water partition coefficient (Wildman–Crippen LogP) is 6.47. The summed E-state index contributed by atoms with van der Waals surface area (Å²) in [6.45, 7) is 0. The third kappa shape index (κ3) is 4.55. The number of benzene rings is 3. The van der Waals surface area contributed by atoms with Crippen molar-refractivity contribution >= 4 is 29.1 Å². The van der Waals surface area contributed by atoms with Gasteiger partial charge in [-0.3, -0.25) is 4.79 Å². The molecule has 3 aromatic rings. The van der Waals surface area contributed by atoms with Crippen molar-refractivity contribution in [2.24, 2.45) is 4.99 Å². The minimum Gasteiger partial charge on any atom is -0.508 e. The zero-order valence-electron chi connectivity index (χ0n) is 18.0. The number of hydrogen-bond acceptors (Lipinski definition) is 4. The largest absolute Gasteiger partial charge is 0.508 e. The van der Waals surface area contributed by atoms with Crippen LogP contribution in [0.2, 0.25) is 0 Å². The van der Waals surface area contributed by atoms with Gasteiger partial charge in [-0.15, -0.1) is 0 Å². The van der Waals surface area contributed by atoms with Crippen molar-refractivity contribution in [2.75, 3.05) is 0 Å². The molecule has 0 spiro atoms. The van der Waals surface area contributed by atoms with Crippen molar-refractivity contribution in [3.63, 3.8) is 0 Å². The number of rotatable bonds is 3. The molecule has 0 atom stereocenters. The van der Waals surface area contributed by atoms with Crippen LogP contribution >= 0.6 is 11.8 Å². The van der Waals surface area contributed by atoms with Gasteiger partial charge in [-0.25, -0.2) is 18.2 Å². The highest BCUT2D eigenvalue weighted by Gasteiger charge is 2.35. The van der Waals surface area contributed by atoms with E-state index in [9.17, 15) is 23.1 Å². The lowest BCUT2D eigenvalue weighted by Gasteiger charge is -2.28. The van der Waals surface area contributed by atoms with E-state index in [1.165, 1.54) is 23.9 Å². The number of amides is 1. The molecule has 1 heterocycles. The third-order valence-corrected chi connectivity index (χ3v) is 7.22. The summed E-state index contributed by atoms with van der Waals surface area (Å²) in [6.07, 6.45) is 0.000303. The molecule has 1 fully saturated rings. The first-order chi connectivity index (χ1) is 16.3. The van der Waals surface area contributed by atoms with Gasteiger partial charge in [-0.2, -0.15) is 0 Å². The third-order valence-electron chi connectivity index (χ3n) is 6.08. The number of carbonyl (C=O) groups is 1. The average molecular weight is 483 g/mol. The molecule has 4 nitrogen and oxygen atoms in total. The Morgan fingerprint density at radius 1 is 1.00 bits per heavy atom. The maximum atomic E-state index is 14.8. The Balaban J connectivity index is 1.50. The SMILES string of the molecule is O=C(NC1CCC(F)(F)CC1)c1ccc2c(c1)N=C(c1ccc(O)cc1F)c1ccccc1S2. The summed E-state index contributed by atoms with van der Waals surface area (Å²) < 4.78 is 41.7. The van der Waals surface area contributed by atoms with E-state index in [-0.39, 0.29) is 48.9 Å². The summed E-state index contributed by atoms with van der Waals surface area (Å²) in [6, 6.07) is 16.2. The molecule has 3 aromatic carbocycles. The molecule has 5 rings (SSSR count). The van der Waals surface area contributed by atoms with Crippen molar-refractivity contribution in [1.29, 1.82) is 0 Å².